The van der Waals surface area contributed by atoms with Crippen molar-refractivity contribution >= 4 is 24.8 Å². The van der Waals surface area contributed by atoms with E-state index in [1.54, 1.807) is 75.1 Å². The Labute approximate surface area is 198 Å². The van der Waals surface area contributed by atoms with Crippen molar-refractivity contribution in [1.82, 2.24) is 9.78 Å². The van der Waals surface area contributed by atoms with E-state index in [0.717, 1.165) is 16.8 Å². The number of anilines is 1. The predicted molar refractivity (Wildman–Crippen MR) is 132 cm³/mol. The normalized spacial score (nSPS) is 12.6. The third-order valence-electron chi connectivity index (χ3n) is 6.25. The number of rotatable bonds is 8. The van der Waals surface area contributed by atoms with E-state index in [4.69, 9.17) is 0 Å². The summed E-state index contributed by atoms with van der Waals surface area (Å²) in [5.74, 6) is -0.688. The van der Waals surface area contributed by atoms with E-state index in [9.17, 15) is 23.5 Å². The molecule has 0 aliphatic carbocycles. The summed E-state index contributed by atoms with van der Waals surface area (Å²) < 4.78 is 27.2. The maximum absolute atomic E-state index is 13.3. The molecule has 9 heteroatoms. The summed E-state index contributed by atoms with van der Waals surface area (Å²) in [5.41, 5.74) is 4.01. The maximum Gasteiger partial charge on any atom is 0.335 e. The van der Waals surface area contributed by atoms with Crippen molar-refractivity contribution in [2.45, 2.75) is 38.8 Å². The molecule has 3 rings (SSSR count). The topological polar surface area (TPSA) is 104 Å². The first-order valence-corrected chi connectivity index (χ1v) is 12.6. The molecule has 0 atom stereocenters. The minimum Gasteiger partial charge on any atom is -0.324 e. The van der Waals surface area contributed by atoms with Gasteiger partial charge in [-0.3, -0.25) is 14.0 Å². The number of hydrogen-bond donors (Lipinski definition) is 3. The summed E-state index contributed by atoms with van der Waals surface area (Å²) in [6.07, 6.45) is 3.70. The fourth-order valence-electron chi connectivity index (χ4n) is 4.23. The van der Waals surface area contributed by atoms with Crippen LogP contribution in [-0.4, -0.2) is 25.5 Å². The van der Waals surface area contributed by atoms with Crippen LogP contribution in [0.15, 0.2) is 60.8 Å². The molecule has 0 aliphatic heterocycles. The standard InChI is InChI=1S/C25H29FN3O4P/c1-5-25(6-2,34(31,32)33)19-9-13-21(14-10-19)28-23(30)15-17(3)22-16-27-29(4)24(22)18-7-11-20(26)12-8-18/h7-16H,5-6H2,1-4H3,(H,28,30)(H2,31,32,33)/b17-15+. The molecular formula is C25H29FN3O4P. The molecule has 1 amide bonds. The van der Waals surface area contributed by atoms with Crippen LogP contribution in [0, 0.1) is 5.82 Å². The Kier molecular flexibility index (Phi) is 7.56. The lowest BCUT2D eigenvalue weighted by molar-refractivity contribution is -0.111. The number of aryl methyl sites for hydroxylation is 1. The van der Waals surface area contributed by atoms with Gasteiger partial charge in [-0.25, -0.2) is 4.39 Å². The number of aromatic nitrogens is 2. The summed E-state index contributed by atoms with van der Waals surface area (Å²) in [5, 5.41) is 5.82. The highest BCUT2D eigenvalue weighted by Crippen LogP contribution is 2.60. The van der Waals surface area contributed by atoms with Gasteiger partial charge in [0.25, 0.3) is 0 Å². The molecule has 0 spiro atoms. The van der Waals surface area contributed by atoms with Gasteiger partial charge in [0.15, 0.2) is 0 Å². The van der Waals surface area contributed by atoms with Crippen LogP contribution in [0.4, 0.5) is 10.1 Å². The van der Waals surface area contributed by atoms with Gasteiger partial charge in [-0.05, 0) is 67.3 Å². The van der Waals surface area contributed by atoms with Gasteiger partial charge in [0.1, 0.15) is 5.82 Å². The summed E-state index contributed by atoms with van der Waals surface area (Å²) in [7, 11) is -2.60. The second-order valence-electron chi connectivity index (χ2n) is 8.21. The van der Waals surface area contributed by atoms with Crippen LogP contribution in [0.2, 0.25) is 0 Å². The number of nitrogens with zero attached hydrogens (tertiary/aromatic N) is 2. The highest BCUT2D eigenvalue weighted by atomic mass is 31.2. The third-order valence-corrected chi connectivity index (χ3v) is 8.25. The minimum absolute atomic E-state index is 0.295. The van der Waals surface area contributed by atoms with Crippen molar-refractivity contribution in [3.05, 3.63) is 77.7 Å². The van der Waals surface area contributed by atoms with Crippen molar-refractivity contribution in [3.63, 3.8) is 0 Å². The fraction of sp³-hybridized carbons (Fsp3) is 0.280. The highest BCUT2D eigenvalue weighted by molar-refractivity contribution is 7.53. The maximum atomic E-state index is 13.3. The average Bonchev–Trinajstić information content (AvgIpc) is 3.17. The van der Waals surface area contributed by atoms with Gasteiger partial charge in [-0.15, -0.1) is 0 Å². The monoisotopic (exact) mass is 485 g/mol. The first-order chi connectivity index (χ1) is 16.0. The minimum atomic E-state index is -4.38. The molecule has 0 unspecified atom stereocenters. The van der Waals surface area contributed by atoms with Gasteiger partial charge in [-0.1, -0.05) is 26.0 Å². The van der Waals surface area contributed by atoms with Crippen LogP contribution < -0.4 is 5.32 Å². The van der Waals surface area contributed by atoms with Crippen LogP contribution in [-0.2, 0) is 21.6 Å². The SMILES string of the molecule is CCC(CC)(c1ccc(NC(=O)/C=C(\C)c2cnn(C)c2-c2ccc(F)cc2)cc1)P(=O)(O)O. The molecule has 1 aromatic heterocycles. The number of halogens is 1. The predicted octanol–water partition coefficient (Wildman–Crippen LogP) is 5.46. The Morgan fingerprint density at radius 1 is 1.12 bits per heavy atom. The number of amides is 1. The van der Waals surface area contributed by atoms with E-state index >= 15 is 0 Å². The quantitative estimate of drug-likeness (QED) is 0.290. The Hall–Kier alpha value is -3.06. The second kappa shape index (κ2) is 10.1. The zero-order valence-electron chi connectivity index (χ0n) is 19.6. The molecule has 7 nitrogen and oxygen atoms in total. The van der Waals surface area contributed by atoms with E-state index in [0.29, 0.717) is 29.7 Å². The van der Waals surface area contributed by atoms with Gasteiger partial charge >= 0.3 is 7.60 Å². The molecule has 0 radical (unpaired) electrons. The molecular weight excluding hydrogens is 456 g/mol. The third kappa shape index (κ3) is 5.04. The largest absolute Gasteiger partial charge is 0.335 e. The molecule has 2 aromatic carbocycles. The first kappa shape index (κ1) is 25.6. The Morgan fingerprint density at radius 3 is 2.24 bits per heavy atom. The van der Waals surface area contributed by atoms with Gasteiger partial charge < -0.3 is 15.1 Å². The number of carbonyl (C=O) groups excluding carboxylic acids is 1. The Bertz CT molecular complexity index is 1240. The van der Waals surface area contributed by atoms with Crippen LogP contribution in [0.3, 0.4) is 0 Å². The Balaban J connectivity index is 1.82. The molecule has 180 valence electrons. The van der Waals surface area contributed by atoms with Crippen LogP contribution >= 0.6 is 7.60 Å². The molecule has 0 fully saturated rings. The number of benzene rings is 2. The van der Waals surface area contributed by atoms with Gasteiger partial charge in [0, 0.05) is 29.9 Å². The Morgan fingerprint density at radius 2 is 1.71 bits per heavy atom. The smallest absolute Gasteiger partial charge is 0.324 e. The average molecular weight is 485 g/mol. The first-order valence-electron chi connectivity index (χ1n) is 11.0. The van der Waals surface area contributed by atoms with Crippen molar-refractivity contribution in [3.8, 4) is 11.3 Å². The molecule has 34 heavy (non-hydrogen) atoms. The van der Waals surface area contributed by atoms with Crippen molar-refractivity contribution < 1.29 is 23.5 Å². The van der Waals surface area contributed by atoms with E-state index in [2.05, 4.69) is 10.4 Å². The van der Waals surface area contributed by atoms with Crippen LogP contribution in [0.1, 0.15) is 44.7 Å². The zero-order chi connectivity index (χ0) is 25.1. The van der Waals surface area contributed by atoms with E-state index < -0.39 is 12.8 Å². The lowest BCUT2D eigenvalue weighted by atomic mass is 9.92. The van der Waals surface area contributed by atoms with Gasteiger partial charge in [0.2, 0.25) is 5.91 Å². The lowest BCUT2D eigenvalue weighted by Gasteiger charge is -2.33. The molecule has 3 N–H and O–H groups in total. The van der Waals surface area contributed by atoms with Crippen molar-refractivity contribution in [1.29, 1.82) is 0 Å². The van der Waals surface area contributed by atoms with E-state index in [1.165, 1.54) is 18.2 Å². The summed E-state index contributed by atoms with van der Waals surface area (Å²) >= 11 is 0. The number of nitrogens with one attached hydrogen (secondary N) is 1. The van der Waals surface area contributed by atoms with Crippen LogP contribution in [0.25, 0.3) is 16.8 Å². The molecule has 0 saturated heterocycles. The molecule has 1 heterocycles. The number of allylic oxidation sites excluding steroid dienone is 1. The van der Waals surface area contributed by atoms with E-state index in [-0.39, 0.29) is 11.7 Å². The zero-order valence-corrected chi connectivity index (χ0v) is 20.5. The van der Waals surface area contributed by atoms with Gasteiger partial charge in [0.05, 0.1) is 17.0 Å². The summed E-state index contributed by atoms with van der Waals surface area (Å²) in [4.78, 5) is 32.5. The van der Waals surface area contributed by atoms with Gasteiger partial charge in [-0.2, -0.15) is 5.10 Å². The summed E-state index contributed by atoms with van der Waals surface area (Å²) in [6, 6.07) is 12.6. The fourth-order valence-corrected chi connectivity index (χ4v) is 5.54. The van der Waals surface area contributed by atoms with E-state index in [1.807, 2.05) is 0 Å². The van der Waals surface area contributed by atoms with Crippen molar-refractivity contribution in [2.75, 3.05) is 5.32 Å². The molecule has 0 saturated carbocycles. The van der Waals surface area contributed by atoms with Crippen LogP contribution in [0.5, 0.6) is 0 Å². The summed E-state index contributed by atoms with van der Waals surface area (Å²) in [6.45, 7) is 5.30. The number of hydrogen-bond acceptors (Lipinski definition) is 3. The second-order valence-corrected chi connectivity index (χ2v) is 10.2. The molecule has 0 bridgehead atoms. The molecule has 0 aliphatic rings. The highest BCUT2D eigenvalue weighted by Gasteiger charge is 2.45. The molecule has 3 aromatic rings. The number of carbonyl (C=O) groups is 1. The van der Waals surface area contributed by atoms with Crippen molar-refractivity contribution in [2.24, 2.45) is 7.05 Å². The lowest BCUT2D eigenvalue weighted by Crippen LogP contribution is -2.24.